The van der Waals surface area contributed by atoms with Crippen LogP contribution < -0.4 is 4.74 Å². The predicted molar refractivity (Wildman–Crippen MR) is 80.0 cm³/mol. The average molecular weight is 317 g/mol. The molecule has 1 aromatic rings. The van der Waals surface area contributed by atoms with E-state index in [2.05, 4.69) is 0 Å². The summed E-state index contributed by atoms with van der Waals surface area (Å²) in [5.41, 5.74) is 1.30. The second-order valence-electron chi connectivity index (χ2n) is 4.67. The van der Waals surface area contributed by atoms with Crippen molar-refractivity contribution in [3.05, 3.63) is 23.3 Å². The monoisotopic (exact) mass is 317 g/mol. The van der Waals surface area contributed by atoms with E-state index in [-0.39, 0.29) is 31.2 Å². The van der Waals surface area contributed by atoms with Gasteiger partial charge in [0.1, 0.15) is 5.75 Å². The zero-order chi connectivity index (χ0) is 16.0. The van der Waals surface area contributed by atoms with Gasteiger partial charge in [-0.25, -0.2) is 8.42 Å². The lowest BCUT2D eigenvalue weighted by molar-refractivity contribution is 0.217. The molecule has 0 saturated heterocycles. The molecule has 0 fully saturated rings. The minimum Gasteiger partial charge on any atom is -0.494 e. The van der Waals surface area contributed by atoms with E-state index in [4.69, 9.17) is 14.9 Å². The van der Waals surface area contributed by atoms with Crippen LogP contribution in [0, 0.1) is 13.8 Å². The number of rotatable bonds is 8. The molecule has 1 aromatic carbocycles. The van der Waals surface area contributed by atoms with Crippen molar-refractivity contribution in [3.8, 4) is 5.75 Å². The Morgan fingerprint density at radius 1 is 1.10 bits per heavy atom. The lowest BCUT2D eigenvalue weighted by Gasteiger charge is -2.22. The molecule has 0 aromatic heterocycles. The fraction of sp³-hybridized carbons (Fsp3) is 0.571. The van der Waals surface area contributed by atoms with Gasteiger partial charge < -0.3 is 14.9 Å². The largest absolute Gasteiger partial charge is 0.494 e. The van der Waals surface area contributed by atoms with E-state index in [1.807, 2.05) is 6.92 Å². The predicted octanol–water partition coefficient (Wildman–Crippen LogP) is 0.677. The summed E-state index contributed by atoms with van der Waals surface area (Å²) in [7, 11) is -3.75. The summed E-state index contributed by atoms with van der Waals surface area (Å²) < 4.78 is 31.8. The smallest absolute Gasteiger partial charge is 0.243 e. The van der Waals surface area contributed by atoms with Crippen molar-refractivity contribution < 1.29 is 23.4 Å². The number of aliphatic hydroxyl groups is 2. The normalized spacial score (nSPS) is 11.9. The van der Waals surface area contributed by atoms with Gasteiger partial charge in [0.05, 0.1) is 24.7 Å². The summed E-state index contributed by atoms with van der Waals surface area (Å²) in [6, 6.07) is 3.26. The molecule has 2 N–H and O–H groups in total. The van der Waals surface area contributed by atoms with Gasteiger partial charge in [0.25, 0.3) is 0 Å². The first kappa shape index (κ1) is 17.9. The van der Waals surface area contributed by atoms with Crippen molar-refractivity contribution in [2.75, 3.05) is 32.9 Å². The number of benzene rings is 1. The number of nitrogens with zero attached hydrogens (tertiary/aromatic N) is 1. The summed E-state index contributed by atoms with van der Waals surface area (Å²) in [4.78, 5) is 0.172. The molecule has 120 valence electrons. The maximum Gasteiger partial charge on any atom is 0.243 e. The summed E-state index contributed by atoms with van der Waals surface area (Å²) in [6.45, 7) is 5.17. The second kappa shape index (κ2) is 7.74. The molecule has 7 heteroatoms. The summed E-state index contributed by atoms with van der Waals surface area (Å²) in [5.74, 6) is 0.657. The highest BCUT2D eigenvalue weighted by atomic mass is 32.2. The average Bonchev–Trinajstić information content (AvgIpc) is 2.42. The number of sulfonamides is 1. The molecule has 0 aliphatic rings. The quantitative estimate of drug-likeness (QED) is 0.736. The van der Waals surface area contributed by atoms with Gasteiger partial charge in [0.2, 0.25) is 10.0 Å². The molecule has 0 saturated carbocycles. The van der Waals surface area contributed by atoms with E-state index in [0.717, 1.165) is 9.87 Å². The van der Waals surface area contributed by atoms with E-state index in [1.54, 1.807) is 26.0 Å². The lowest BCUT2D eigenvalue weighted by Crippen LogP contribution is -2.36. The van der Waals surface area contributed by atoms with E-state index < -0.39 is 10.0 Å². The van der Waals surface area contributed by atoms with Gasteiger partial charge in [0.15, 0.2) is 0 Å². The maximum absolute atomic E-state index is 12.6. The molecule has 0 unspecified atom stereocenters. The summed E-state index contributed by atoms with van der Waals surface area (Å²) >= 11 is 0. The van der Waals surface area contributed by atoms with Gasteiger partial charge in [-0.3, -0.25) is 0 Å². The molecular formula is C14H23NO5S. The fourth-order valence-corrected chi connectivity index (χ4v) is 3.78. The molecule has 6 nitrogen and oxygen atoms in total. The van der Waals surface area contributed by atoms with Gasteiger partial charge in [-0.15, -0.1) is 0 Å². The highest BCUT2D eigenvalue weighted by Crippen LogP contribution is 2.27. The first-order valence-electron chi connectivity index (χ1n) is 6.84. The third kappa shape index (κ3) is 4.16. The zero-order valence-corrected chi connectivity index (χ0v) is 13.5. The van der Waals surface area contributed by atoms with Gasteiger partial charge in [0, 0.05) is 13.1 Å². The molecule has 0 spiro atoms. The Labute approximate surface area is 126 Å². The molecule has 0 aliphatic heterocycles. The molecular weight excluding hydrogens is 294 g/mol. The first-order chi connectivity index (χ1) is 9.88. The van der Waals surface area contributed by atoms with Crippen molar-refractivity contribution in [2.24, 2.45) is 0 Å². The number of aryl methyl sites for hydroxylation is 2. The van der Waals surface area contributed by atoms with Crippen LogP contribution in [0.15, 0.2) is 17.0 Å². The third-order valence-corrected chi connectivity index (χ3v) is 5.13. The molecule has 0 atom stereocenters. The summed E-state index contributed by atoms with van der Waals surface area (Å²) in [6.07, 6.45) is 0. The topological polar surface area (TPSA) is 87.1 Å². The minimum absolute atomic E-state index is 0.0470. The molecule has 0 radical (unpaired) electrons. The van der Waals surface area contributed by atoms with Gasteiger partial charge >= 0.3 is 0 Å². The highest BCUT2D eigenvalue weighted by molar-refractivity contribution is 7.89. The molecule has 1 rings (SSSR count). The Hall–Kier alpha value is -1.15. The molecule has 21 heavy (non-hydrogen) atoms. The number of ether oxygens (including phenoxy) is 1. The molecule has 0 amide bonds. The van der Waals surface area contributed by atoms with Gasteiger partial charge in [-0.2, -0.15) is 4.31 Å². The number of hydrogen-bond acceptors (Lipinski definition) is 5. The third-order valence-electron chi connectivity index (χ3n) is 3.09. The van der Waals surface area contributed by atoms with Crippen LogP contribution in [0.5, 0.6) is 5.75 Å². The van der Waals surface area contributed by atoms with E-state index in [1.165, 1.54) is 0 Å². The Morgan fingerprint density at radius 2 is 1.67 bits per heavy atom. The standard InChI is InChI=1S/C14H23NO5S/c1-4-20-13-9-12(3)14(10-11(13)2)21(18,19)15(5-7-16)6-8-17/h9-10,16-17H,4-8H2,1-3H3. The van der Waals surface area contributed by atoms with Crippen LogP contribution in [0.3, 0.4) is 0 Å². The van der Waals surface area contributed by atoms with Crippen molar-refractivity contribution in [3.63, 3.8) is 0 Å². The minimum atomic E-state index is -3.75. The van der Waals surface area contributed by atoms with E-state index in [9.17, 15) is 8.42 Å². The number of hydrogen-bond donors (Lipinski definition) is 2. The van der Waals surface area contributed by atoms with E-state index >= 15 is 0 Å². The molecule has 0 aliphatic carbocycles. The fourth-order valence-electron chi connectivity index (χ4n) is 2.07. The van der Waals surface area contributed by atoms with E-state index in [0.29, 0.717) is 17.9 Å². The van der Waals surface area contributed by atoms with Crippen LogP contribution in [0.4, 0.5) is 0 Å². The van der Waals surface area contributed by atoms with Gasteiger partial charge in [-0.05, 0) is 44.0 Å². The van der Waals surface area contributed by atoms with Crippen LogP contribution in [0.1, 0.15) is 18.1 Å². The van der Waals surface area contributed by atoms with Crippen molar-refractivity contribution in [1.82, 2.24) is 4.31 Å². The Kier molecular flexibility index (Phi) is 6.60. The zero-order valence-electron chi connectivity index (χ0n) is 12.7. The van der Waals surface area contributed by atoms with Crippen LogP contribution in [0.25, 0.3) is 0 Å². The maximum atomic E-state index is 12.6. The first-order valence-corrected chi connectivity index (χ1v) is 8.28. The van der Waals surface area contributed by atoms with Gasteiger partial charge in [-0.1, -0.05) is 0 Å². The SMILES string of the molecule is CCOc1cc(C)c(S(=O)(=O)N(CCO)CCO)cc1C. The molecule has 0 bridgehead atoms. The van der Waals surface area contributed by atoms with Crippen LogP contribution in [0.2, 0.25) is 0 Å². The second-order valence-corrected chi connectivity index (χ2v) is 6.57. The Morgan fingerprint density at radius 3 is 2.14 bits per heavy atom. The van der Waals surface area contributed by atoms with Crippen LogP contribution in [-0.4, -0.2) is 55.8 Å². The Bertz CT molecular complexity index is 565. The van der Waals surface area contributed by atoms with Crippen molar-refractivity contribution >= 4 is 10.0 Å². The molecule has 0 heterocycles. The van der Waals surface area contributed by atoms with Crippen LogP contribution >= 0.6 is 0 Å². The summed E-state index contributed by atoms with van der Waals surface area (Å²) in [5, 5.41) is 18.0. The van der Waals surface area contributed by atoms with Crippen molar-refractivity contribution in [2.45, 2.75) is 25.7 Å². The lowest BCUT2D eigenvalue weighted by atomic mass is 10.1. The van der Waals surface area contributed by atoms with Crippen LogP contribution in [-0.2, 0) is 10.0 Å². The highest BCUT2D eigenvalue weighted by Gasteiger charge is 2.26. The van der Waals surface area contributed by atoms with Crippen molar-refractivity contribution in [1.29, 1.82) is 0 Å². The number of aliphatic hydroxyl groups excluding tert-OH is 2. The Balaban J connectivity index is 3.27.